The summed E-state index contributed by atoms with van der Waals surface area (Å²) in [6.45, 7) is 4.26. The molecule has 0 unspecified atom stereocenters. The van der Waals surface area contributed by atoms with Crippen LogP contribution in [0.1, 0.15) is 18.9 Å². The van der Waals surface area contributed by atoms with E-state index in [1.807, 2.05) is 24.2 Å². The summed E-state index contributed by atoms with van der Waals surface area (Å²) in [5.41, 5.74) is 1.24. The van der Waals surface area contributed by atoms with E-state index >= 15 is 0 Å². The third-order valence-electron chi connectivity index (χ3n) is 1.32. The van der Waals surface area contributed by atoms with Crippen molar-refractivity contribution in [1.29, 1.82) is 0 Å². The van der Waals surface area contributed by atoms with Gasteiger partial charge in [-0.2, -0.15) is 0 Å². The number of aryl methyl sites for hydroxylation is 1. The molecule has 0 radical (unpaired) electrons. The summed E-state index contributed by atoms with van der Waals surface area (Å²) >= 11 is 1.87. The monoisotopic (exact) mass is 167 g/mol. The topological polar surface area (TPSA) is 12.9 Å². The van der Waals surface area contributed by atoms with Crippen molar-refractivity contribution in [2.75, 3.05) is 5.75 Å². The quantitative estimate of drug-likeness (QED) is 0.642. The zero-order valence-corrected chi connectivity index (χ0v) is 7.82. The Bertz CT molecular complexity index is 223. The zero-order chi connectivity index (χ0) is 8.10. The number of aromatic nitrogens is 1. The van der Waals surface area contributed by atoms with Gasteiger partial charge in [-0.3, -0.25) is 4.98 Å². The highest BCUT2D eigenvalue weighted by atomic mass is 32.2. The number of rotatable bonds is 3. The van der Waals surface area contributed by atoms with Crippen LogP contribution in [-0.4, -0.2) is 10.7 Å². The van der Waals surface area contributed by atoms with Gasteiger partial charge in [0.15, 0.2) is 0 Å². The zero-order valence-electron chi connectivity index (χ0n) is 7.00. The molecule has 0 bridgehead atoms. The molecule has 0 aliphatic rings. The summed E-state index contributed by atoms with van der Waals surface area (Å²) in [5.74, 6) is 1.19. The minimum Gasteiger partial charge on any atom is -0.263 e. The molecular weight excluding hydrogens is 154 g/mol. The molecule has 0 atom stereocenters. The molecule has 1 heterocycles. The van der Waals surface area contributed by atoms with E-state index in [2.05, 4.69) is 24.9 Å². The van der Waals surface area contributed by atoms with E-state index in [9.17, 15) is 0 Å². The van der Waals surface area contributed by atoms with Crippen LogP contribution in [0, 0.1) is 6.92 Å². The number of nitrogens with zero attached hydrogens (tertiary/aromatic N) is 1. The standard InChI is InChI=1S/C9H13NS/c1-3-4-11-9-5-8(2)6-10-7-9/h5-7H,3-4H2,1-2H3. The van der Waals surface area contributed by atoms with E-state index in [1.165, 1.54) is 22.6 Å². The molecule has 0 aliphatic heterocycles. The van der Waals surface area contributed by atoms with Crippen molar-refractivity contribution in [3.8, 4) is 0 Å². The minimum atomic E-state index is 1.19. The summed E-state index contributed by atoms with van der Waals surface area (Å²) < 4.78 is 0. The van der Waals surface area contributed by atoms with Gasteiger partial charge in [-0.25, -0.2) is 0 Å². The molecule has 0 aliphatic carbocycles. The van der Waals surface area contributed by atoms with E-state index in [0.717, 1.165) is 0 Å². The van der Waals surface area contributed by atoms with Gasteiger partial charge in [0, 0.05) is 17.3 Å². The molecule has 0 aromatic carbocycles. The number of hydrogen-bond acceptors (Lipinski definition) is 2. The summed E-state index contributed by atoms with van der Waals surface area (Å²) in [6.07, 6.45) is 5.03. The molecule has 0 saturated carbocycles. The molecule has 1 rings (SSSR count). The van der Waals surface area contributed by atoms with Crippen LogP contribution in [-0.2, 0) is 0 Å². The van der Waals surface area contributed by atoms with Crippen molar-refractivity contribution in [1.82, 2.24) is 4.98 Å². The Morgan fingerprint density at radius 3 is 2.91 bits per heavy atom. The molecule has 1 nitrogen and oxygen atoms in total. The highest BCUT2D eigenvalue weighted by Crippen LogP contribution is 2.17. The van der Waals surface area contributed by atoms with Crippen molar-refractivity contribution >= 4 is 11.8 Å². The molecule has 1 aromatic heterocycles. The highest BCUT2D eigenvalue weighted by molar-refractivity contribution is 7.99. The van der Waals surface area contributed by atoms with Crippen molar-refractivity contribution in [3.63, 3.8) is 0 Å². The molecule has 1 aromatic rings. The molecule has 60 valence electrons. The molecule has 0 saturated heterocycles. The Kier molecular flexibility index (Phi) is 3.43. The van der Waals surface area contributed by atoms with Crippen molar-refractivity contribution < 1.29 is 0 Å². The van der Waals surface area contributed by atoms with Gasteiger partial charge in [0.05, 0.1) is 0 Å². The van der Waals surface area contributed by atoms with Crippen LogP contribution < -0.4 is 0 Å². The van der Waals surface area contributed by atoms with E-state index in [4.69, 9.17) is 0 Å². The molecule has 0 N–H and O–H groups in total. The minimum absolute atomic E-state index is 1.19. The number of hydrogen-bond donors (Lipinski definition) is 0. The highest BCUT2D eigenvalue weighted by Gasteiger charge is 1.92. The molecule has 0 fully saturated rings. The molecule has 2 heteroatoms. The van der Waals surface area contributed by atoms with Gasteiger partial charge in [-0.1, -0.05) is 6.92 Å². The van der Waals surface area contributed by atoms with Gasteiger partial charge in [0.1, 0.15) is 0 Å². The maximum atomic E-state index is 4.12. The van der Waals surface area contributed by atoms with Crippen LogP contribution in [0.3, 0.4) is 0 Å². The second-order valence-corrected chi connectivity index (χ2v) is 3.71. The number of thioether (sulfide) groups is 1. The summed E-state index contributed by atoms with van der Waals surface area (Å²) in [7, 11) is 0. The summed E-state index contributed by atoms with van der Waals surface area (Å²) in [6, 6.07) is 2.17. The second-order valence-electron chi connectivity index (χ2n) is 2.55. The first-order valence-corrected chi connectivity index (χ1v) is 4.86. The third kappa shape index (κ3) is 2.93. The van der Waals surface area contributed by atoms with E-state index in [0.29, 0.717) is 0 Å². The largest absolute Gasteiger partial charge is 0.263 e. The van der Waals surface area contributed by atoms with Crippen LogP contribution in [0.4, 0.5) is 0 Å². The fourth-order valence-electron chi connectivity index (χ4n) is 0.826. The SMILES string of the molecule is CCCSc1cncc(C)c1. The Hall–Kier alpha value is -0.500. The van der Waals surface area contributed by atoms with E-state index in [1.54, 1.807) is 0 Å². The lowest BCUT2D eigenvalue weighted by molar-refractivity contribution is 1.10. The lowest BCUT2D eigenvalue weighted by Crippen LogP contribution is -1.80. The Labute approximate surface area is 72.2 Å². The molecule has 0 amide bonds. The Balaban J connectivity index is 2.56. The smallest absolute Gasteiger partial charge is 0.0404 e. The van der Waals surface area contributed by atoms with Crippen LogP contribution in [0.25, 0.3) is 0 Å². The Morgan fingerprint density at radius 1 is 1.45 bits per heavy atom. The van der Waals surface area contributed by atoms with Gasteiger partial charge in [-0.15, -0.1) is 11.8 Å². The van der Waals surface area contributed by atoms with Crippen molar-refractivity contribution in [2.45, 2.75) is 25.2 Å². The molecular formula is C9H13NS. The average molecular weight is 167 g/mol. The normalized spacial score (nSPS) is 10.0. The van der Waals surface area contributed by atoms with Crippen LogP contribution in [0.2, 0.25) is 0 Å². The Morgan fingerprint density at radius 2 is 2.27 bits per heavy atom. The lowest BCUT2D eigenvalue weighted by Gasteiger charge is -1.98. The van der Waals surface area contributed by atoms with Gasteiger partial charge in [-0.05, 0) is 30.7 Å². The van der Waals surface area contributed by atoms with Gasteiger partial charge < -0.3 is 0 Å². The van der Waals surface area contributed by atoms with Gasteiger partial charge in [0.25, 0.3) is 0 Å². The average Bonchev–Trinajstić information content (AvgIpc) is 2.01. The first-order valence-electron chi connectivity index (χ1n) is 3.87. The van der Waals surface area contributed by atoms with Crippen LogP contribution >= 0.6 is 11.8 Å². The predicted octanol–water partition coefficient (Wildman–Crippen LogP) is 2.89. The van der Waals surface area contributed by atoms with Crippen LogP contribution in [0.5, 0.6) is 0 Å². The van der Waals surface area contributed by atoms with Crippen molar-refractivity contribution in [3.05, 3.63) is 24.0 Å². The first kappa shape index (κ1) is 8.60. The number of pyridine rings is 1. The first-order chi connectivity index (χ1) is 5.33. The second kappa shape index (κ2) is 4.39. The molecule has 11 heavy (non-hydrogen) atoms. The summed E-state index contributed by atoms with van der Waals surface area (Å²) in [4.78, 5) is 5.40. The van der Waals surface area contributed by atoms with Crippen molar-refractivity contribution in [2.24, 2.45) is 0 Å². The van der Waals surface area contributed by atoms with Gasteiger partial charge >= 0.3 is 0 Å². The third-order valence-corrected chi connectivity index (χ3v) is 2.49. The fourth-order valence-corrected chi connectivity index (χ4v) is 1.67. The fraction of sp³-hybridized carbons (Fsp3) is 0.444. The lowest BCUT2D eigenvalue weighted by atomic mass is 10.3. The van der Waals surface area contributed by atoms with Crippen LogP contribution in [0.15, 0.2) is 23.4 Å². The summed E-state index contributed by atoms with van der Waals surface area (Å²) in [5, 5.41) is 0. The maximum Gasteiger partial charge on any atom is 0.0404 e. The predicted molar refractivity (Wildman–Crippen MR) is 50.0 cm³/mol. The maximum absolute atomic E-state index is 4.12. The molecule has 0 spiro atoms. The van der Waals surface area contributed by atoms with E-state index in [-0.39, 0.29) is 0 Å². The van der Waals surface area contributed by atoms with E-state index < -0.39 is 0 Å². The van der Waals surface area contributed by atoms with Gasteiger partial charge in [0.2, 0.25) is 0 Å².